The Hall–Kier alpha value is -2.47. The van der Waals surface area contributed by atoms with Crippen LogP contribution in [0, 0.1) is 0 Å². The van der Waals surface area contributed by atoms with Gasteiger partial charge in [0.25, 0.3) is 0 Å². The van der Waals surface area contributed by atoms with Crippen molar-refractivity contribution in [2.45, 2.75) is 32.7 Å². The molecule has 1 N–H and O–H groups in total. The van der Waals surface area contributed by atoms with Crippen molar-refractivity contribution in [3.63, 3.8) is 0 Å². The van der Waals surface area contributed by atoms with Gasteiger partial charge in [-0.3, -0.25) is 4.79 Å². The van der Waals surface area contributed by atoms with Gasteiger partial charge in [-0.1, -0.05) is 37.3 Å². The number of hydrogen-bond donors (Lipinski definition) is 1. The van der Waals surface area contributed by atoms with E-state index in [0.717, 1.165) is 29.1 Å². The van der Waals surface area contributed by atoms with Crippen molar-refractivity contribution in [3.8, 4) is 10.6 Å². The summed E-state index contributed by atoms with van der Waals surface area (Å²) in [6, 6.07) is 9.96. The van der Waals surface area contributed by atoms with Gasteiger partial charge < -0.3 is 9.73 Å². The number of hydrogen-bond acceptors (Lipinski definition) is 5. The first-order chi connectivity index (χ1) is 11.7. The molecular formula is C18H19N3O2S. The van der Waals surface area contributed by atoms with E-state index in [1.54, 1.807) is 17.5 Å². The third kappa shape index (κ3) is 4.29. The molecule has 0 bridgehead atoms. The molecule has 0 aliphatic heterocycles. The van der Waals surface area contributed by atoms with Gasteiger partial charge in [0.2, 0.25) is 5.91 Å². The standard InChI is InChI=1S/C18H19N3O2S/c1-2-6-17-20-11-15(23-17)10-19-16(22)9-14-12-24-18(21-14)13-7-4-3-5-8-13/h3-5,7-8,11-12H,2,6,9-10H2,1H3,(H,19,22). The third-order valence-corrected chi connectivity index (χ3v) is 4.38. The first-order valence-electron chi connectivity index (χ1n) is 7.94. The van der Waals surface area contributed by atoms with Crippen LogP contribution in [0.4, 0.5) is 0 Å². The zero-order chi connectivity index (χ0) is 16.8. The molecule has 0 aliphatic carbocycles. The molecule has 0 atom stereocenters. The summed E-state index contributed by atoms with van der Waals surface area (Å²) < 4.78 is 5.55. The Bertz CT molecular complexity index is 795. The average Bonchev–Trinajstić information content (AvgIpc) is 3.24. The molecule has 1 amide bonds. The fourth-order valence-electron chi connectivity index (χ4n) is 2.27. The maximum atomic E-state index is 12.1. The topological polar surface area (TPSA) is 68.0 Å². The number of amides is 1. The first-order valence-corrected chi connectivity index (χ1v) is 8.82. The van der Waals surface area contributed by atoms with E-state index in [2.05, 4.69) is 22.2 Å². The van der Waals surface area contributed by atoms with Gasteiger partial charge in [0.15, 0.2) is 5.89 Å². The number of thiazole rings is 1. The smallest absolute Gasteiger partial charge is 0.226 e. The van der Waals surface area contributed by atoms with Gasteiger partial charge in [-0.15, -0.1) is 11.3 Å². The van der Waals surface area contributed by atoms with Crippen molar-refractivity contribution in [3.05, 3.63) is 59.3 Å². The highest BCUT2D eigenvalue weighted by Crippen LogP contribution is 2.23. The van der Waals surface area contributed by atoms with E-state index in [0.29, 0.717) is 18.2 Å². The number of carbonyl (C=O) groups is 1. The summed E-state index contributed by atoms with van der Waals surface area (Å²) in [4.78, 5) is 20.8. The van der Waals surface area contributed by atoms with E-state index < -0.39 is 0 Å². The lowest BCUT2D eigenvalue weighted by Crippen LogP contribution is -2.24. The Balaban J connectivity index is 1.52. The quantitative estimate of drug-likeness (QED) is 0.713. The Morgan fingerprint density at radius 3 is 2.92 bits per heavy atom. The van der Waals surface area contributed by atoms with Crippen LogP contribution in [0.2, 0.25) is 0 Å². The molecule has 0 aliphatic rings. The van der Waals surface area contributed by atoms with Gasteiger partial charge in [0.05, 0.1) is 24.9 Å². The summed E-state index contributed by atoms with van der Waals surface area (Å²) in [5, 5.41) is 5.70. The van der Waals surface area contributed by atoms with E-state index in [4.69, 9.17) is 4.42 Å². The van der Waals surface area contributed by atoms with Gasteiger partial charge >= 0.3 is 0 Å². The maximum Gasteiger partial charge on any atom is 0.226 e. The van der Waals surface area contributed by atoms with Crippen LogP contribution < -0.4 is 5.32 Å². The Morgan fingerprint density at radius 1 is 1.29 bits per heavy atom. The lowest BCUT2D eigenvalue weighted by Gasteiger charge is -2.01. The average molecular weight is 341 g/mol. The number of nitrogens with zero attached hydrogens (tertiary/aromatic N) is 2. The van der Waals surface area contributed by atoms with Crippen molar-refractivity contribution in [2.75, 3.05) is 0 Å². The minimum absolute atomic E-state index is 0.0756. The van der Waals surface area contributed by atoms with Gasteiger partial charge in [0.1, 0.15) is 10.8 Å². The number of carbonyl (C=O) groups excluding carboxylic acids is 1. The predicted molar refractivity (Wildman–Crippen MR) is 93.6 cm³/mol. The lowest BCUT2D eigenvalue weighted by molar-refractivity contribution is -0.120. The lowest BCUT2D eigenvalue weighted by atomic mass is 10.2. The van der Waals surface area contributed by atoms with E-state index in [1.165, 1.54) is 0 Å². The Morgan fingerprint density at radius 2 is 2.12 bits per heavy atom. The molecule has 24 heavy (non-hydrogen) atoms. The summed E-state index contributed by atoms with van der Waals surface area (Å²) in [5.41, 5.74) is 1.85. The van der Waals surface area contributed by atoms with Crippen molar-refractivity contribution in [1.29, 1.82) is 0 Å². The second-order valence-electron chi connectivity index (χ2n) is 5.43. The molecule has 6 heteroatoms. The zero-order valence-electron chi connectivity index (χ0n) is 13.5. The van der Waals surface area contributed by atoms with E-state index in [1.807, 2.05) is 35.7 Å². The number of aryl methyl sites for hydroxylation is 1. The number of aromatic nitrogens is 2. The van der Waals surface area contributed by atoms with Gasteiger partial charge in [-0.25, -0.2) is 9.97 Å². The number of oxazole rings is 1. The fraction of sp³-hybridized carbons (Fsp3) is 0.278. The number of benzene rings is 1. The predicted octanol–water partition coefficient (Wildman–Crippen LogP) is 3.61. The molecule has 0 fully saturated rings. The summed E-state index contributed by atoms with van der Waals surface area (Å²) in [6.07, 6.45) is 3.73. The molecule has 1 aromatic carbocycles. The van der Waals surface area contributed by atoms with Crippen molar-refractivity contribution < 1.29 is 9.21 Å². The second kappa shape index (κ2) is 7.88. The molecule has 0 unspecified atom stereocenters. The van der Waals surface area contributed by atoms with Crippen LogP contribution in [0.5, 0.6) is 0 Å². The van der Waals surface area contributed by atoms with Gasteiger partial charge in [0, 0.05) is 17.4 Å². The van der Waals surface area contributed by atoms with Crippen LogP contribution in [-0.2, 0) is 24.2 Å². The monoisotopic (exact) mass is 341 g/mol. The highest BCUT2D eigenvalue weighted by molar-refractivity contribution is 7.13. The van der Waals surface area contributed by atoms with E-state index in [-0.39, 0.29) is 12.3 Å². The largest absolute Gasteiger partial charge is 0.444 e. The molecule has 3 rings (SSSR count). The molecule has 2 aromatic heterocycles. The molecule has 0 saturated heterocycles. The summed E-state index contributed by atoms with van der Waals surface area (Å²) in [5.74, 6) is 1.32. The summed E-state index contributed by atoms with van der Waals surface area (Å²) in [6.45, 7) is 2.43. The van der Waals surface area contributed by atoms with Crippen LogP contribution in [0.3, 0.4) is 0 Å². The SMILES string of the molecule is CCCc1ncc(CNC(=O)Cc2csc(-c3ccccc3)n2)o1. The van der Waals surface area contributed by atoms with Crippen molar-refractivity contribution in [2.24, 2.45) is 0 Å². The summed E-state index contributed by atoms with van der Waals surface area (Å²) in [7, 11) is 0. The molecule has 124 valence electrons. The van der Waals surface area contributed by atoms with Crippen LogP contribution >= 0.6 is 11.3 Å². The molecule has 0 radical (unpaired) electrons. The maximum absolute atomic E-state index is 12.1. The second-order valence-corrected chi connectivity index (χ2v) is 6.29. The van der Waals surface area contributed by atoms with Gasteiger partial charge in [-0.05, 0) is 6.42 Å². The number of rotatable bonds is 7. The minimum atomic E-state index is -0.0756. The highest BCUT2D eigenvalue weighted by Gasteiger charge is 2.10. The fourth-order valence-corrected chi connectivity index (χ4v) is 3.10. The normalized spacial score (nSPS) is 10.7. The number of nitrogens with one attached hydrogen (secondary N) is 1. The zero-order valence-corrected chi connectivity index (χ0v) is 14.3. The van der Waals surface area contributed by atoms with Crippen LogP contribution in [-0.4, -0.2) is 15.9 Å². The molecule has 3 aromatic rings. The first kappa shape index (κ1) is 16.4. The van der Waals surface area contributed by atoms with Gasteiger partial charge in [-0.2, -0.15) is 0 Å². The Kier molecular flexibility index (Phi) is 5.38. The van der Waals surface area contributed by atoms with E-state index >= 15 is 0 Å². The summed E-state index contributed by atoms with van der Waals surface area (Å²) >= 11 is 1.55. The molecule has 0 saturated carbocycles. The molecule has 5 nitrogen and oxygen atoms in total. The minimum Gasteiger partial charge on any atom is -0.444 e. The van der Waals surface area contributed by atoms with E-state index in [9.17, 15) is 4.79 Å². The third-order valence-electron chi connectivity index (χ3n) is 3.44. The van der Waals surface area contributed by atoms with Crippen LogP contribution in [0.1, 0.15) is 30.7 Å². The van der Waals surface area contributed by atoms with Crippen molar-refractivity contribution in [1.82, 2.24) is 15.3 Å². The molecule has 0 spiro atoms. The Labute approximate surface area is 144 Å². The molecular weight excluding hydrogens is 322 g/mol. The molecule has 2 heterocycles. The van der Waals surface area contributed by atoms with Crippen LogP contribution in [0.15, 0.2) is 46.3 Å². The van der Waals surface area contributed by atoms with Crippen LogP contribution in [0.25, 0.3) is 10.6 Å². The highest BCUT2D eigenvalue weighted by atomic mass is 32.1. The van der Waals surface area contributed by atoms with Crippen molar-refractivity contribution >= 4 is 17.2 Å².